The van der Waals surface area contributed by atoms with Gasteiger partial charge in [0.25, 0.3) is 5.56 Å². The second-order valence-corrected chi connectivity index (χ2v) is 5.12. The molecule has 1 aromatic carbocycles. The number of halogens is 1. The van der Waals surface area contributed by atoms with Gasteiger partial charge < -0.3 is 9.97 Å². The van der Waals surface area contributed by atoms with Gasteiger partial charge in [-0.25, -0.2) is 9.37 Å². The van der Waals surface area contributed by atoms with Crippen molar-refractivity contribution in [2.45, 2.75) is 0 Å². The maximum Gasteiger partial charge on any atom is 0.260 e. The van der Waals surface area contributed by atoms with Crippen LogP contribution in [0.2, 0.25) is 0 Å². The molecule has 0 radical (unpaired) electrons. The lowest BCUT2D eigenvalue weighted by molar-refractivity contribution is 0.628. The van der Waals surface area contributed by atoms with Crippen molar-refractivity contribution in [2.24, 2.45) is 0 Å². The smallest absolute Gasteiger partial charge is 0.260 e. The summed E-state index contributed by atoms with van der Waals surface area (Å²) in [7, 11) is 0. The summed E-state index contributed by atoms with van der Waals surface area (Å²) in [5.41, 5.74) is 3.27. The molecule has 3 aromatic heterocycles. The molecule has 0 fully saturated rings. The maximum atomic E-state index is 13.4. The number of hydrogen-bond donors (Lipinski definition) is 2. The Balaban J connectivity index is 1.84. The molecule has 0 aliphatic carbocycles. The average Bonchev–Trinajstić information content (AvgIpc) is 3.01. The Morgan fingerprint density at radius 1 is 1.00 bits per heavy atom. The molecular formula is C17H11FN4O. The van der Waals surface area contributed by atoms with Gasteiger partial charge in [-0.1, -0.05) is 12.1 Å². The maximum absolute atomic E-state index is 13.4. The Bertz CT molecular complexity index is 1070. The third-order valence-electron chi connectivity index (χ3n) is 3.62. The van der Waals surface area contributed by atoms with Gasteiger partial charge in [-0.15, -0.1) is 0 Å². The van der Waals surface area contributed by atoms with Gasteiger partial charge in [0.2, 0.25) is 0 Å². The van der Waals surface area contributed by atoms with Crippen molar-refractivity contribution in [3.05, 3.63) is 71.2 Å². The molecule has 4 aromatic rings. The van der Waals surface area contributed by atoms with Crippen molar-refractivity contribution in [2.75, 3.05) is 0 Å². The van der Waals surface area contributed by atoms with Crippen LogP contribution in [0, 0.1) is 5.82 Å². The Morgan fingerprint density at radius 2 is 1.91 bits per heavy atom. The quantitative estimate of drug-likeness (QED) is 0.597. The molecule has 0 saturated carbocycles. The minimum atomic E-state index is -0.309. The Morgan fingerprint density at radius 3 is 2.74 bits per heavy atom. The van der Waals surface area contributed by atoms with Gasteiger partial charge in [-0.2, -0.15) is 0 Å². The second kappa shape index (κ2) is 5.17. The molecule has 4 rings (SSSR count). The van der Waals surface area contributed by atoms with Crippen LogP contribution in [-0.4, -0.2) is 19.9 Å². The highest BCUT2D eigenvalue weighted by molar-refractivity contribution is 5.82. The molecule has 2 N–H and O–H groups in total. The molecule has 0 spiro atoms. The Labute approximate surface area is 129 Å². The summed E-state index contributed by atoms with van der Waals surface area (Å²) >= 11 is 0. The number of hydrogen-bond acceptors (Lipinski definition) is 3. The first-order chi connectivity index (χ1) is 11.2. The van der Waals surface area contributed by atoms with Crippen molar-refractivity contribution in [3.63, 3.8) is 0 Å². The predicted octanol–water partition coefficient (Wildman–Crippen LogP) is 3.12. The molecule has 3 heterocycles. The molecule has 0 unspecified atom stereocenters. The average molecular weight is 306 g/mol. The number of rotatable bonds is 2. The molecule has 23 heavy (non-hydrogen) atoms. The van der Waals surface area contributed by atoms with Crippen molar-refractivity contribution in [1.82, 2.24) is 19.9 Å². The van der Waals surface area contributed by atoms with Crippen molar-refractivity contribution >= 4 is 11.0 Å². The number of aromatic nitrogens is 4. The summed E-state index contributed by atoms with van der Waals surface area (Å²) in [5, 5.41) is 0.492. The lowest BCUT2D eigenvalue weighted by Crippen LogP contribution is -2.04. The molecule has 5 nitrogen and oxygen atoms in total. The lowest BCUT2D eigenvalue weighted by atomic mass is 10.1. The van der Waals surface area contributed by atoms with E-state index in [1.54, 1.807) is 24.4 Å². The third kappa shape index (κ3) is 2.40. The summed E-state index contributed by atoms with van der Waals surface area (Å²) in [6, 6.07) is 11.7. The van der Waals surface area contributed by atoms with Gasteiger partial charge in [-0.05, 0) is 30.3 Å². The van der Waals surface area contributed by atoms with E-state index in [4.69, 9.17) is 0 Å². The number of aromatic amines is 2. The number of H-pyrrole nitrogens is 2. The fraction of sp³-hybridized carbons (Fsp3) is 0. The highest BCUT2D eigenvalue weighted by Gasteiger charge is 2.09. The zero-order valence-corrected chi connectivity index (χ0v) is 11.9. The number of pyridine rings is 1. The van der Waals surface area contributed by atoms with Crippen LogP contribution in [0.15, 0.2) is 59.8 Å². The Hall–Kier alpha value is -3.28. The van der Waals surface area contributed by atoms with E-state index in [0.717, 1.165) is 11.3 Å². The normalized spacial score (nSPS) is 11.0. The fourth-order valence-corrected chi connectivity index (χ4v) is 2.51. The van der Waals surface area contributed by atoms with E-state index < -0.39 is 0 Å². The van der Waals surface area contributed by atoms with Crippen LogP contribution in [0.3, 0.4) is 0 Å². The molecule has 0 aliphatic rings. The van der Waals surface area contributed by atoms with Crippen molar-refractivity contribution < 1.29 is 4.39 Å². The number of benzene rings is 1. The van der Waals surface area contributed by atoms with E-state index >= 15 is 0 Å². The summed E-state index contributed by atoms with van der Waals surface area (Å²) in [6.45, 7) is 0. The highest BCUT2D eigenvalue weighted by atomic mass is 19.1. The van der Waals surface area contributed by atoms with E-state index in [-0.39, 0.29) is 11.4 Å². The molecule has 0 aliphatic heterocycles. The first-order valence-electron chi connectivity index (χ1n) is 6.99. The molecule has 6 heteroatoms. The van der Waals surface area contributed by atoms with Gasteiger partial charge in [-0.3, -0.25) is 9.78 Å². The first-order valence-corrected chi connectivity index (χ1v) is 6.99. The number of fused-ring (bicyclic) bond motifs is 1. The minimum Gasteiger partial charge on any atom is -0.339 e. The number of nitrogens with one attached hydrogen (secondary N) is 2. The van der Waals surface area contributed by atoms with Crippen LogP contribution in [0.1, 0.15) is 0 Å². The zero-order valence-electron chi connectivity index (χ0n) is 11.9. The van der Waals surface area contributed by atoms with Gasteiger partial charge in [0.05, 0.1) is 17.4 Å². The van der Waals surface area contributed by atoms with Crippen LogP contribution >= 0.6 is 0 Å². The second-order valence-electron chi connectivity index (χ2n) is 5.12. The topological polar surface area (TPSA) is 74.4 Å². The van der Waals surface area contributed by atoms with E-state index in [1.807, 2.05) is 12.1 Å². The largest absolute Gasteiger partial charge is 0.339 e. The van der Waals surface area contributed by atoms with E-state index in [1.165, 1.54) is 18.5 Å². The molecule has 0 atom stereocenters. The summed E-state index contributed by atoms with van der Waals surface area (Å²) in [6.07, 6.45) is 3.01. The van der Waals surface area contributed by atoms with Gasteiger partial charge >= 0.3 is 0 Å². The van der Waals surface area contributed by atoms with Crippen molar-refractivity contribution in [1.29, 1.82) is 0 Å². The van der Waals surface area contributed by atoms with Crippen LogP contribution in [0.4, 0.5) is 4.39 Å². The summed E-state index contributed by atoms with van der Waals surface area (Å²) in [5.74, 6) is -0.309. The molecule has 0 saturated heterocycles. The van der Waals surface area contributed by atoms with Gasteiger partial charge in [0.15, 0.2) is 0 Å². The molecular weight excluding hydrogens is 295 g/mol. The molecule has 0 amide bonds. The first kappa shape index (κ1) is 13.4. The van der Waals surface area contributed by atoms with E-state index in [2.05, 4.69) is 19.9 Å². The SMILES string of the molecule is O=c1[nH]cnc2[nH]c(-c3ccnc(-c4cccc(F)c4)c3)cc12. The summed E-state index contributed by atoms with van der Waals surface area (Å²) < 4.78 is 13.4. The number of nitrogens with zero attached hydrogens (tertiary/aromatic N) is 2. The standard InChI is InChI=1S/C17H11FN4O/c18-12-3-1-2-10(6-12)14-7-11(4-5-19-14)15-8-13-16(22-15)20-9-21-17(13)23/h1-9H,(H2,20,21,22,23). The van der Waals surface area contributed by atoms with Gasteiger partial charge in [0.1, 0.15) is 11.5 Å². The fourth-order valence-electron chi connectivity index (χ4n) is 2.51. The minimum absolute atomic E-state index is 0.197. The zero-order chi connectivity index (χ0) is 15.8. The lowest BCUT2D eigenvalue weighted by Gasteiger charge is -2.03. The van der Waals surface area contributed by atoms with Crippen LogP contribution in [0.25, 0.3) is 33.5 Å². The highest BCUT2D eigenvalue weighted by Crippen LogP contribution is 2.25. The third-order valence-corrected chi connectivity index (χ3v) is 3.62. The van der Waals surface area contributed by atoms with Crippen molar-refractivity contribution in [3.8, 4) is 22.5 Å². The van der Waals surface area contributed by atoms with Crippen LogP contribution < -0.4 is 5.56 Å². The van der Waals surface area contributed by atoms with E-state index in [9.17, 15) is 9.18 Å². The van der Waals surface area contributed by atoms with Crippen LogP contribution in [-0.2, 0) is 0 Å². The molecule has 112 valence electrons. The van der Waals surface area contributed by atoms with Crippen LogP contribution in [0.5, 0.6) is 0 Å². The monoisotopic (exact) mass is 306 g/mol. The summed E-state index contributed by atoms with van der Waals surface area (Å²) in [4.78, 5) is 25.8. The van der Waals surface area contributed by atoms with E-state index in [0.29, 0.717) is 22.3 Å². The predicted molar refractivity (Wildman–Crippen MR) is 85.3 cm³/mol. The molecule has 0 bridgehead atoms. The Kier molecular flexibility index (Phi) is 3.01. The van der Waals surface area contributed by atoms with Gasteiger partial charge in [0, 0.05) is 23.0 Å².